The molecule has 0 aliphatic carbocycles. The maximum absolute atomic E-state index is 13.2. The number of benzene rings is 1. The minimum Gasteiger partial charge on any atom is -0.396 e. The third-order valence-electron chi connectivity index (χ3n) is 2.53. The minimum absolute atomic E-state index is 0.0219. The largest absolute Gasteiger partial charge is 0.396 e. The molecular formula is C13H16BrFN2O. The van der Waals surface area contributed by atoms with Crippen molar-refractivity contribution in [3.63, 3.8) is 0 Å². The van der Waals surface area contributed by atoms with Gasteiger partial charge in [-0.1, -0.05) is 6.08 Å². The molecule has 0 radical (unpaired) electrons. The Hall–Kier alpha value is -1.36. The van der Waals surface area contributed by atoms with Gasteiger partial charge in [0.25, 0.3) is 5.91 Å². The third kappa shape index (κ3) is 3.10. The van der Waals surface area contributed by atoms with Crippen LogP contribution in [0.2, 0.25) is 0 Å². The molecule has 1 aromatic carbocycles. The minimum atomic E-state index is -0.543. The molecule has 1 amide bonds. The Morgan fingerprint density at radius 3 is 2.72 bits per heavy atom. The first-order valence-electron chi connectivity index (χ1n) is 5.54. The second kappa shape index (κ2) is 6.00. The number of anilines is 1. The Kier molecular flexibility index (Phi) is 4.90. The van der Waals surface area contributed by atoms with E-state index in [9.17, 15) is 9.18 Å². The molecule has 0 saturated heterocycles. The predicted octanol–water partition coefficient (Wildman–Crippen LogP) is 3.21. The maximum atomic E-state index is 13.2. The van der Waals surface area contributed by atoms with Crippen molar-refractivity contribution >= 4 is 27.5 Å². The normalized spacial score (nSPS) is 10.5. The Labute approximate surface area is 115 Å². The number of hydrogen-bond donors (Lipinski definition) is 1. The molecule has 0 fully saturated rings. The van der Waals surface area contributed by atoms with E-state index in [4.69, 9.17) is 5.73 Å². The van der Waals surface area contributed by atoms with E-state index < -0.39 is 5.82 Å². The number of rotatable bonds is 4. The summed E-state index contributed by atoms with van der Waals surface area (Å²) in [6.45, 7) is 7.86. The summed E-state index contributed by atoms with van der Waals surface area (Å²) in [6, 6.07) is 2.57. The lowest BCUT2D eigenvalue weighted by Gasteiger charge is -2.26. The van der Waals surface area contributed by atoms with Crippen LogP contribution in [0.15, 0.2) is 29.3 Å². The van der Waals surface area contributed by atoms with Gasteiger partial charge < -0.3 is 10.6 Å². The average molecular weight is 315 g/mol. The van der Waals surface area contributed by atoms with Crippen molar-refractivity contribution in [1.82, 2.24) is 4.90 Å². The summed E-state index contributed by atoms with van der Waals surface area (Å²) < 4.78 is 13.6. The van der Waals surface area contributed by atoms with Gasteiger partial charge in [0, 0.05) is 17.1 Å². The molecule has 1 aromatic rings. The highest BCUT2D eigenvalue weighted by molar-refractivity contribution is 9.10. The fourth-order valence-corrected chi connectivity index (χ4v) is 2.04. The lowest BCUT2D eigenvalue weighted by atomic mass is 10.1. The fraction of sp³-hybridized carbons (Fsp3) is 0.308. The van der Waals surface area contributed by atoms with E-state index in [1.807, 2.05) is 13.8 Å². The van der Waals surface area contributed by atoms with E-state index in [-0.39, 0.29) is 17.6 Å². The number of amides is 1. The first kappa shape index (κ1) is 14.7. The summed E-state index contributed by atoms with van der Waals surface area (Å²) in [5.74, 6) is -0.748. The molecule has 0 spiro atoms. The quantitative estimate of drug-likeness (QED) is 0.685. The van der Waals surface area contributed by atoms with Gasteiger partial charge in [0.1, 0.15) is 5.82 Å². The van der Waals surface area contributed by atoms with E-state index in [0.717, 1.165) is 0 Å². The Bertz CT molecular complexity index is 474. The lowest BCUT2D eigenvalue weighted by Crippen LogP contribution is -2.37. The van der Waals surface area contributed by atoms with E-state index >= 15 is 0 Å². The number of nitrogens with two attached hydrogens (primary N) is 1. The molecule has 0 bridgehead atoms. The van der Waals surface area contributed by atoms with Crippen molar-refractivity contribution in [1.29, 1.82) is 0 Å². The summed E-state index contributed by atoms with van der Waals surface area (Å²) in [4.78, 5) is 14.0. The van der Waals surface area contributed by atoms with Crippen LogP contribution in [0.1, 0.15) is 24.2 Å². The molecule has 0 heterocycles. The third-order valence-corrected chi connectivity index (χ3v) is 3.18. The van der Waals surface area contributed by atoms with E-state index in [1.165, 1.54) is 12.1 Å². The van der Waals surface area contributed by atoms with Crippen LogP contribution in [0.4, 0.5) is 10.1 Å². The van der Waals surface area contributed by atoms with Crippen molar-refractivity contribution in [2.75, 3.05) is 12.3 Å². The summed E-state index contributed by atoms with van der Waals surface area (Å²) in [5, 5.41) is 0. The molecule has 18 heavy (non-hydrogen) atoms. The van der Waals surface area contributed by atoms with E-state index in [1.54, 1.807) is 11.0 Å². The molecule has 5 heteroatoms. The van der Waals surface area contributed by atoms with Gasteiger partial charge in [-0.15, -0.1) is 6.58 Å². The second-order valence-corrected chi connectivity index (χ2v) is 5.05. The number of carbonyl (C=O) groups is 1. The summed E-state index contributed by atoms with van der Waals surface area (Å²) >= 11 is 3.18. The predicted molar refractivity (Wildman–Crippen MR) is 74.9 cm³/mol. The number of hydrogen-bond acceptors (Lipinski definition) is 2. The topological polar surface area (TPSA) is 46.3 Å². The van der Waals surface area contributed by atoms with Gasteiger partial charge in [0.05, 0.1) is 11.3 Å². The summed E-state index contributed by atoms with van der Waals surface area (Å²) in [7, 11) is 0. The standard InChI is InChI=1S/C13H16BrFN2O/c1-4-5-17(8(2)3)13(18)9-6-12(16)11(15)7-10(9)14/h4,6-8H,1,5,16H2,2-3H3. The van der Waals surface area contributed by atoms with Crippen molar-refractivity contribution in [2.45, 2.75) is 19.9 Å². The molecule has 2 N–H and O–H groups in total. The number of halogens is 2. The first-order chi connectivity index (χ1) is 8.38. The highest BCUT2D eigenvalue weighted by Gasteiger charge is 2.21. The number of nitrogen functional groups attached to an aromatic ring is 1. The Morgan fingerprint density at radius 2 is 2.22 bits per heavy atom. The fourth-order valence-electron chi connectivity index (χ4n) is 1.55. The van der Waals surface area contributed by atoms with Crippen LogP contribution < -0.4 is 5.73 Å². The van der Waals surface area contributed by atoms with Crippen LogP contribution in [-0.2, 0) is 0 Å². The molecule has 0 unspecified atom stereocenters. The number of nitrogens with zero attached hydrogens (tertiary/aromatic N) is 1. The van der Waals surface area contributed by atoms with Gasteiger partial charge in [0.2, 0.25) is 0 Å². The van der Waals surface area contributed by atoms with Crippen molar-refractivity contribution in [2.24, 2.45) is 0 Å². The zero-order valence-electron chi connectivity index (χ0n) is 10.4. The summed E-state index contributed by atoms with van der Waals surface area (Å²) in [6.07, 6.45) is 1.65. The second-order valence-electron chi connectivity index (χ2n) is 4.19. The van der Waals surface area contributed by atoms with Crippen LogP contribution in [0, 0.1) is 5.82 Å². The van der Waals surface area contributed by atoms with Crippen LogP contribution in [0.3, 0.4) is 0 Å². The van der Waals surface area contributed by atoms with E-state index in [2.05, 4.69) is 22.5 Å². The van der Waals surface area contributed by atoms with Crippen LogP contribution in [-0.4, -0.2) is 23.4 Å². The highest BCUT2D eigenvalue weighted by Crippen LogP contribution is 2.24. The zero-order valence-corrected chi connectivity index (χ0v) is 12.0. The summed E-state index contributed by atoms with van der Waals surface area (Å²) in [5.41, 5.74) is 5.80. The van der Waals surface area contributed by atoms with Crippen LogP contribution >= 0.6 is 15.9 Å². The van der Waals surface area contributed by atoms with Gasteiger partial charge in [-0.25, -0.2) is 4.39 Å². The maximum Gasteiger partial charge on any atom is 0.255 e. The average Bonchev–Trinajstić information content (AvgIpc) is 2.29. The van der Waals surface area contributed by atoms with E-state index in [0.29, 0.717) is 16.6 Å². The monoisotopic (exact) mass is 314 g/mol. The van der Waals surface area contributed by atoms with Gasteiger partial charge in [-0.05, 0) is 41.9 Å². The Morgan fingerprint density at radius 1 is 1.61 bits per heavy atom. The SMILES string of the molecule is C=CCN(C(=O)c1cc(N)c(F)cc1Br)C(C)C. The molecule has 3 nitrogen and oxygen atoms in total. The molecule has 0 aromatic heterocycles. The first-order valence-corrected chi connectivity index (χ1v) is 6.34. The smallest absolute Gasteiger partial charge is 0.255 e. The van der Waals surface area contributed by atoms with Gasteiger partial charge in [0.15, 0.2) is 0 Å². The van der Waals surface area contributed by atoms with Gasteiger partial charge in [-0.2, -0.15) is 0 Å². The Balaban J connectivity index is 3.16. The van der Waals surface area contributed by atoms with Crippen LogP contribution in [0.25, 0.3) is 0 Å². The zero-order chi connectivity index (χ0) is 13.9. The number of carbonyl (C=O) groups excluding carboxylic acids is 1. The van der Waals surface area contributed by atoms with Gasteiger partial charge >= 0.3 is 0 Å². The molecule has 98 valence electrons. The van der Waals surface area contributed by atoms with Gasteiger partial charge in [-0.3, -0.25) is 4.79 Å². The molecule has 0 atom stereocenters. The molecule has 0 aliphatic rings. The molecule has 0 saturated carbocycles. The molecule has 0 aliphatic heterocycles. The lowest BCUT2D eigenvalue weighted by molar-refractivity contribution is 0.0728. The highest BCUT2D eigenvalue weighted by atomic mass is 79.9. The van der Waals surface area contributed by atoms with Crippen LogP contribution in [0.5, 0.6) is 0 Å². The van der Waals surface area contributed by atoms with Crippen molar-refractivity contribution in [3.8, 4) is 0 Å². The molecule has 1 rings (SSSR count). The van der Waals surface area contributed by atoms with Crippen molar-refractivity contribution in [3.05, 3.63) is 40.6 Å². The van der Waals surface area contributed by atoms with Crippen molar-refractivity contribution < 1.29 is 9.18 Å². The molecular weight excluding hydrogens is 299 g/mol.